The van der Waals surface area contributed by atoms with Crippen molar-refractivity contribution in [2.24, 2.45) is 0 Å². The maximum Gasteiger partial charge on any atom is 0.230 e. The molecule has 0 saturated carbocycles. The molecule has 1 N–H and O–H groups in total. The molecule has 128 valence electrons. The molecule has 1 amide bonds. The van der Waals surface area contributed by atoms with Crippen LogP contribution < -0.4 is 5.32 Å². The predicted octanol–water partition coefficient (Wildman–Crippen LogP) is 3.60. The number of thiophene rings is 1. The molecule has 0 radical (unpaired) electrons. The Morgan fingerprint density at radius 1 is 1.24 bits per heavy atom. The lowest BCUT2D eigenvalue weighted by molar-refractivity contribution is -0.118. The Labute approximate surface area is 154 Å². The molecule has 3 aromatic rings. The average molecular weight is 371 g/mol. The maximum atomic E-state index is 12.1. The lowest BCUT2D eigenvalue weighted by Gasteiger charge is -2.07. The van der Waals surface area contributed by atoms with Gasteiger partial charge in [-0.25, -0.2) is 0 Å². The Hall–Kier alpha value is -2.38. The highest BCUT2D eigenvalue weighted by Crippen LogP contribution is 2.27. The highest BCUT2D eigenvalue weighted by Gasteiger charge is 2.15. The van der Waals surface area contributed by atoms with Crippen LogP contribution in [-0.2, 0) is 17.9 Å². The van der Waals surface area contributed by atoms with Gasteiger partial charge >= 0.3 is 0 Å². The summed E-state index contributed by atoms with van der Waals surface area (Å²) < 4.78 is 1.98. The van der Waals surface area contributed by atoms with Gasteiger partial charge in [-0.1, -0.05) is 54.2 Å². The number of benzene rings is 1. The Morgan fingerprint density at radius 2 is 2.08 bits per heavy atom. The standard InChI is InChI=1S/C18H18N4OS2/c1-2-10-22-17(15-9-6-11-24-15)20-21-18(22)25-13-16(23)19-12-14-7-4-3-5-8-14/h2-9,11H,1,10,12-13H2,(H,19,23). The van der Waals surface area contributed by atoms with E-state index in [1.165, 1.54) is 11.8 Å². The molecule has 0 aliphatic heterocycles. The van der Waals surface area contributed by atoms with E-state index < -0.39 is 0 Å². The second-order valence-electron chi connectivity index (χ2n) is 5.23. The van der Waals surface area contributed by atoms with Gasteiger partial charge in [0, 0.05) is 13.1 Å². The van der Waals surface area contributed by atoms with Crippen LogP contribution in [0.3, 0.4) is 0 Å². The van der Waals surface area contributed by atoms with E-state index in [0.29, 0.717) is 18.8 Å². The molecule has 7 heteroatoms. The summed E-state index contributed by atoms with van der Waals surface area (Å²) in [6.45, 7) is 4.93. The van der Waals surface area contributed by atoms with Crippen LogP contribution in [0.4, 0.5) is 0 Å². The largest absolute Gasteiger partial charge is 0.351 e. The van der Waals surface area contributed by atoms with Crippen LogP contribution in [0.5, 0.6) is 0 Å². The van der Waals surface area contributed by atoms with E-state index in [1.807, 2.05) is 52.4 Å². The molecule has 0 aliphatic rings. The molecule has 0 spiro atoms. The molecule has 25 heavy (non-hydrogen) atoms. The monoisotopic (exact) mass is 370 g/mol. The van der Waals surface area contributed by atoms with Crippen LogP contribution in [0, 0.1) is 0 Å². The normalized spacial score (nSPS) is 10.6. The number of rotatable bonds is 8. The summed E-state index contributed by atoms with van der Waals surface area (Å²) in [5.41, 5.74) is 1.08. The van der Waals surface area contributed by atoms with Gasteiger partial charge in [-0.15, -0.1) is 28.1 Å². The van der Waals surface area contributed by atoms with Crippen molar-refractivity contribution < 1.29 is 4.79 Å². The van der Waals surface area contributed by atoms with Crippen molar-refractivity contribution in [3.63, 3.8) is 0 Å². The first-order valence-electron chi connectivity index (χ1n) is 7.79. The lowest BCUT2D eigenvalue weighted by atomic mass is 10.2. The molecule has 3 rings (SSSR count). The van der Waals surface area contributed by atoms with Gasteiger partial charge in [-0.05, 0) is 17.0 Å². The van der Waals surface area contributed by atoms with E-state index in [1.54, 1.807) is 17.4 Å². The summed E-state index contributed by atoms with van der Waals surface area (Å²) in [4.78, 5) is 13.1. The predicted molar refractivity (Wildman–Crippen MR) is 103 cm³/mol. The number of nitrogens with zero attached hydrogens (tertiary/aromatic N) is 3. The highest BCUT2D eigenvalue weighted by molar-refractivity contribution is 7.99. The highest BCUT2D eigenvalue weighted by atomic mass is 32.2. The van der Waals surface area contributed by atoms with Crippen molar-refractivity contribution in [1.82, 2.24) is 20.1 Å². The average Bonchev–Trinajstić information content (AvgIpc) is 3.29. The Balaban J connectivity index is 1.61. The van der Waals surface area contributed by atoms with Crippen LogP contribution >= 0.6 is 23.1 Å². The summed E-state index contributed by atoms with van der Waals surface area (Å²) in [7, 11) is 0. The summed E-state index contributed by atoms with van der Waals surface area (Å²) in [5, 5.41) is 14.2. The Bertz CT molecular complexity index is 828. The van der Waals surface area contributed by atoms with E-state index in [2.05, 4.69) is 22.1 Å². The van der Waals surface area contributed by atoms with Gasteiger partial charge in [0.2, 0.25) is 5.91 Å². The SMILES string of the molecule is C=CCn1c(SCC(=O)NCc2ccccc2)nnc1-c1cccs1. The van der Waals surface area contributed by atoms with Crippen LogP contribution in [-0.4, -0.2) is 26.4 Å². The van der Waals surface area contributed by atoms with Gasteiger partial charge in [0.25, 0.3) is 0 Å². The second-order valence-corrected chi connectivity index (χ2v) is 7.12. The van der Waals surface area contributed by atoms with Gasteiger partial charge in [0.15, 0.2) is 11.0 Å². The van der Waals surface area contributed by atoms with E-state index in [9.17, 15) is 4.79 Å². The van der Waals surface area contributed by atoms with Gasteiger partial charge in [0.05, 0.1) is 10.6 Å². The first kappa shape index (κ1) is 17.4. The number of aromatic nitrogens is 3. The maximum absolute atomic E-state index is 12.1. The molecule has 0 unspecified atom stereocenters. The minimum atomic E-state index is -0.0281. The molecule has 2 heterocycles. The zero-order chi connectivity index (χ0) is 17.5. The smallest absolute Gasteiger partial charge is 0.230 e. The van der Waals surface area contributed by atoms with E-state index in [-0.39, 0.29) is 5.91 Å². The molecule has 0 aliphatic carbocycles. The van der Waals surface area contributed by atoms with Crippen LogP contribution in [0.1, 0.15) is 5.56 Å². The van der Waals surface area contributed by atoms with Crippen molar-refractivity contribution in [3.8, 4) is 10.7 Å². The molecule has 0 atom stereocenters. The topological polar surface area (TPSA) is 59.8 Å². The molecule has 0 bridgehead atoms. The minimum Gasteiger partial charge on any atom is -0.351 e. The fraction of sp³-hybridized carbons (Fsp3) is 0.167. The molecular weight excluding hydrogens is 352 g/mol. The number of nitrogens with one attached hydrogen (secondary N) is 1. The van der Waals surface area contributed by atoms with Crippen molar-refractivity contribution in [2.75, 3.05) is 5.75 Å². The van der Waals surface area contributed by atoms with Gasteiger partial charge in [-0.3, -0.25) is 9.36 Å². The van der Waals surface area contributed by atoms with Crippen LogP contribution in [0.25, 0.3) is 10.7 Å². The minimum absolute atomic E-state index is 0.0281. The third-order valence-electron chi connectivity index (χ3n) is 3.43. The summed E-state index contributed by atoms with van der Waals surface area (Å²) in [6, 6.07) is 13.8. The fourth-order valence-corrected chi connectivity index (χ4v) is 3.75. The molecule has 5 nitrogen and oxygen atoms in total. The first-order chi connectivity index (χ1) is 12.3. The quantitative estimate of drug-likeness (QED) is 0.486. The molecule has 1 aromatic carbocycles. The summed E-state index contributed by atoms with van der Waals surface area (Å²) >= 11 is 3.00. The number of carbonyl (C=O) groups is 1. The van der Waals surface area contributed by atoms with Crippen LogP contribution in [0.15, 0.2) is 65.7 Å². The molecular formula is C18H18N4OS2. The van der Waals surface area contributed by atoms with E-state index >= 15 is 0 Å². The van der Waals surface area contributed by atoms with Gasteiger partial charge in [-0.2, -0.15) is 0 Å². The van der Waals surface area contributed by atoms with Crippen LogP contribution in [0.2, 0.25) is 0 Å². The second kappa shape index (κ2) is 8.64. The zero-order valence-corrected chi connectivity index (χ0v) is 15.2. The van der Waals surface area contributed by atoms with Gasteiger partial charge < -0.3 is 5.32 Å². The molecule has 0 saturated heterocycles. The fourth-order valence-electron chi connectivity index (χ4n) is 2.25. The number of thioether (sulfide) groups is 1. The molecule has 2 aromatic heterocycles. The first-order valence-corrected chi connectivity index (χ1v) is 9.66. The Kier molecular flexibility index (Phi) is 6.03. The van der Waals surface area contributed by atoms with Crippen molar-refractivity contribution in [1.29, 1.82) is 0 Å². The van der Waals surface area contributed by atoms with Gasteiger partial charge in [0.1, 0.15) is 0 Å². The van der Waals surface area contributed by atoms with Crippen molar-refractivity contribution >= 4 is 29.0 Å². The Morgan fingerprint density at radius 3 is 2.80 bits per heavy atom. The number of hydrogen-bond acceptors (Lipinski definition) is 5. The van der Waals surface area contributed by atoms with E-state index in [0.717, 1.165) is 21.4 Å². The summed E-state index contributed by atoms with van der Waals surface area (Å²) in [6.07, 6.45) is 1.81. The zero-order valence-electron chi connectivity index (χ0n) is 13.6. The third kappa shape index (κ3) is 4.58. The van der Waals surface area contributed by atoms with Crippen molar-refractivity contribution in [3.05, 3.63) is 66.1 Å². The number of hydrogen-bond donors (Lipinski definition) is 1. The summed E-state index contributed by atoms with van der Waals surface area (Å²) in [5.74, 6) is 1.08. The third-order valence-corrected chi connectivity index (χ3v) is 5.27. The van der Waals surface area contributed by atoms with Crippen molar-refractivity contribution in [2.45, 2.75) is 18.2 Å². The number of amides is 1. The molecule has 0 fully saturated rings. The van der Waals surface area contributed by atoms with E-state index in [4.69, 9.17) is 0 Å². The lowest BCUT2D eigenvalue weighted by Crippen LogP contribution is -2.24. The number of allylic oxidation sites excluding steroid dienone is 1. The number of carbonyl (C=O) groups excluding carboxylic acids is 1.